The molecule has 0 spiro atoms. The zero-order chi connectivity index (χ0) is 19.4. The van der Waals surface area contributed by atoms with Crippen LogP contribution in [-0.2, 0) is 0 Å². The predicted molar refractivity (Wildman–Crippen MR) is 110 cm³/mol. The molecule has 0 saturated heterocycles. The summed E-state index contributed by atoms with van der Waals surface area (Å²) in [6, 6.07) is 13.2. The van der Waals surface area contributed by atoms with Crippen LogP contribution in [0.3, 0.4) is 0 Å². The topological polar surface area (TPSA) is 70.2 Å². The fourth-order valence-corrected chi connectivity index (χ4v) is 2.67. The summed E-state index contributed by atoms with van der Waals surface area (Å²) in [5.41, 5.74) is 3.93. The largest absolute Gasteiger partial charge is 0.378 e. The summed E-state index contributed by atoms with van der Waals surface area (Å²) in [6.07, 6.45) is 2.98. The lowest BCUT2D eigenvalue weighted by Crippen LogP contribution is -2.14. The maximum absolute atomic E-state index is 12.4. The van der Waals surface area contributed by atoms with Crippen molar-refractivity contribution in [3.05, 3.63) is 71.0 Å². The Balaban J connectivity index is 1.66. The highest BCUT2D eigenvalue weighted by Crippen LogP contribution is 2.21. The molecule has 3 aromatic rings. The molecule has 1 heterocycles. The van der Waals surface area contributed by atoms with Gasteiger partial charge in [-0.15, -0.1) is 0 Å². The molecule has 1 aromatic heterocycles. The van der Waals surface area contributed by atoms with E-state index in [4.69, 9.17) is 11.6 Å². The lowest BCUT2D eigenvalue weighted by molar-refractivity contribution is 0.102. The second kappa shape index (κ2) is 8.05. The molecule has 0 radical (unpaired) electrons. The van der Waals surface area contributed by atoms with Gasteiger partial charge in [0.1, 0.15) is 0 Å². The molecule has 2 aromatic carbocycles. The van der Waals surface area contributed by atoms with Crippen molar-refractivity contribution in [3.8, 4) is 0 Å². The number of nitrogens with zero attached hydrogens (tertiary/aromatic N) is 3. The van der Waals surface area contributed by atoms with E-state index in [1.54, 1.807) is 18.2 Å². The molecular weight excluding hydrogens is 362 g/mol. The monoisotopic (exact) mass is 381 g/mol. The number of carbonyl (C=O) groups is 1. The molecule has 7 heteroatoms. The lowest BCUT2D eigenvalue weighted by atomic mass is 10.2. The number of aromatic nitrogens is 2. The first-order chi connectivity index (χ1) is 12.9. The van der Waals surface area contributed by atoms with Gasteiger partial charge in [-0.2, -0.15) is 0 Å². The van der Waals surface area contributed by atoms with Crippen LogP contribution < -0.4 is 15.5 Å². The van der Waals surface area contributed by atoms with Gasteiger partial charge in [-0.3, -0.25) is 4.79 Å². The minimum Gasteiger partial charge on any atom is -0.378 e. The number of nitrogens with one attached hydrogen (secondary N) is 2. The molecule has 0 bridgehead atoms. The van der Waals surface area contributed by atoms with E-state index in [0.717, 1.165) is 16.9 Å². The smallest absolute Gasteiger partial charge is 0.258 e. The Labute approximate surface area is 163 Å². The molecule has 0 aliphatic carbocycles. The maximum Gasteiger partial charge on any atom is 0.258 e. The highest BCUT2D eigenvalue weighted by atomic mass is 35.5. The standard InChI is InChI=1S/C20H20ClN5O/c1-13-10-15(21)4-9-18(13)25-19(27)14-11-22-20(23-12-14)24-16-5-7-17(8-6-16)26(2)3/h4-12H,1-3H3,(H,25,27)(H,22,23,24). The Kier molecular flexibility index (Phi) is 5.57. The van der Waals surface area contributed by atoms with E-state index in [1.165, 1.54) is 12.4 Å². The van der Waals surface area contributed by atoms with Gasteiger partial charge in [-0.25, -0.2) is 9.97 Å². The molecule has 1 amide bonds. The number of aryl methyl sites for hydroxylation is 1. The van der Waals surface area contributed by atoms with E-state index in [9.17, 15) is 4.79 Å². The fourth-order valence-electron chi connectivity index (χ4n) is 2.44. The number of benzene rings is 2. The third kappa shape index (κ3) is 4.74. The maximum atomic E-state index is 12.4. The average molecular weight is 382 g/mol. The third-order valence-electron chi connectivity index (χ3n) is 3.99. The minimum atomic E-state index is -0.276. The highest BCUT2D eigenvalue weighted by Gasteiger charge is 2.10. The van der Waals surface area contributed by atoms with Crippen LogP contribution in [0.15, 0.2) is 54.9 Å². The first-order valence-corrected chi connectivity index (χ1v) is 8.74. The SMILES string of the molecule is Cc1cc(Cl)ccc1NC(=O)c1cnc(Nc2ccc(N(C)C)cc2)nc1. The number of anilines is 4. The van der Waals surface area contributed by atoms with E-state index in [-0.39, 0.29) is 5.91 Å². The Morgan fingerprint density at radius 3 is 2.30 bits per heavy atom. The van der Waals surface area contributed by atoms with Crippen molar-refractivity contribution in [1.82, 2.24) is 9.97 Å². The molecule has 0 aliphatic rings. The first-order valence-electron chi connectivity index (χ1n) is 8.36. The Morgan fingerprint density at radius 1 is 1.04 bits per heavy atom. The number of rotatable bonds is 5. The summed E-state index contributed by atoms with van der Waals surface area (Å²) in [4.78, 5) is 22.8. The van der Waals surface area contributed by atoms with Crippen LogP contribution in [0.25, 0.3) is 0 Å². The van der Waals surface area contributed by atoms with Crippen LogP contribution in [0.4, 0.5) is 23.0 Å². The van der Waals surface area contributed by atoms with Crippen molar-refractivity contribution in [2.75, 3.05) is 29.6 Å². The zero-order valence-corrected chi connectivity index (χ0v) is 16.1. The summed E-state index contributed by atoms with van der Waals surface area (Å²) >= 11 is 5.94. The van der Waals surface area contributed by atoms with Gasteiger partial charge in [-0.1, -0.05) is 11.6 Å². The summed E-state index contributed by atoms with van der Waals surface area (Å²) in [5.74, 6) is 0.147. The van der Waals surface area contributed by atoms with Gasteiger partial charge >= 0.3 is 0 Å². The number of carbonyl (C=O) groups excluding carboxylic acids is 1. The van der Waals surface area contributed by atoms with Crippen molar-refractivity contribution < 1.29 is 4.79 Å². The summed E-state index contributed by atoms with van der Waals surface area (Å²) < 4.78 is 0. The molecule has 2 N–H and O–H groups in total. The lowest BCUT2D eigenvalue weighted by Gasteiger charge is -2.13. The number of amides is 1. The molecule has 0 unspecified atom stereocenters. The van der Waals surface area contributed by atoms with Gasteiger partial charge in [0.05, 0.1) is 5.56 Å². The Bertz CT molecular complexity index is 940. The van der Waals surface area contributed by atoms with Crippen LogP contribution in [0.5, 0.6) is 0 Å². The van der Waals surface area contributed by atoms with Crippen molar-refractivity contribution in [1.29, 1.82) is 0 Å². The third-order valence-corrected chi connectivity index (χ3v) is 4.23. The molecule has 0 atom stereocenters. The quantitative estimate of drug-likeness (QED) is 0.680. The molecule has 0 fully saturated rings. The number of halogens is 1. The van der Waals surface area contributed by atoms with Crippen LogP contribution in [-0.4, -0.2) is 30.0 Å². The summed E-state index contributed by atoms with van der Waals surface area (Å²) in [5, 5.41) is 6.58. The van der Waals surface area contributed by atoms with E-state index in [0.29, 0.717) is 22.2 Å². The number of hydrogen-bond donors (Lipinski definition) is 2. The molecule has 0 aliphatic heterocycles. The zero-order valence-electron chi connectivity index (χ0n) is 15.3. The minimum absolute atomic E-state index is 0.276. The van der Waals surface area contributed by atoms with Gasteiger partial charge in [0.15, 0.2) is 0 Å². The van der Waals surface area contributed by atoms with Crippen molar-refractivity contribution in [3.63, 3.8) is 0 Å². The van der Waals surface area contributed by atoms with Gasteiger partial charge < -0.3 is 15.5 Å². The van der Waals surface area contributed by atoms with E-state index < -0.39 is 0 Å². The number of hydrogen-bond acceptors (Lipinski definition) is 5. The van der Waals surface area contributed by atoms with Crippen LogP contribution in [0.1, 0.15) is 15.9 Å². The fraction of sp³-hybridized carbons (Fsp3) is 0.150. The van der Waals surface area contributed by atoms with Crippen molar-refractivity contribution in [2.24, 2.45) is 0 Å². The van der Waals surface area contributed by atoms with Crippen molar-refractivity contribution >= 4 is 40.5 Å². The van der Waals surface area contributed by atoms with Gasteiger partial charge in [0, 0.05) is 48.6 Å². The normalized spacial score (nSPS) is 10.4. The van der Waals surface area contributed by atoms with E-state index in [2.05, 4.69) is 20.6 Å². The first kappa shape index (κ1) is 18.7. The van der Waals surface area contributed by atoms with E-state index in [1.807, 2.05) is 50.2 Å². The highest BCUT2D eigenvalue weighted by molar-refractivity contribution is 6.30. The second-order valence-corrected chi connectivity index (χ2v) is 6.71. The van der Waals surface area contributed by atoms with Crippen LogP contribution in [0.2, 0.25) is 5.02 Å². The molecule has 3 rings (SSSR count). The Hall–Kier alpha value is -3.12. The summed E-state index contributed by atoms with van der Waals surface area (Å²) in [6.45, 7) is 1.88. The molecule has 27 heavy (non-hydrogen) atoms. The van der Waals surface area contributed by atoms with Crippen molar-refractivity contribution in [2.45, 2.75) is 6.92 Å². The van der Waals surface area contributed by atoms with Gasteiger partial charge in [-0.05, 0) is 55.0 Å². The van der Waals surface area contributed by atoms with Crippen LogP contribution >= 0.6 is 11.6 Å². The van der Waals surface area contributed by atoms with E-state index >= 15 is 0 Å². The average Bonchev–Trinajstić information content (AvgIpc) is 2.65. The molecule has 0 saturated carbocycles. The van der Waals surface area contributed by atoms with Gasteiger partial charge in [0.25, 0.3) is 5.91 Å². The molecule has 6 nitrogen and oxygen atoms in total. The predicted octanol–water partition coefficient (Wildman–Crippen LogP) is 4.50. The second-order valence-electron chi connectivity index (χ2n) is 6.28. The molecule has 138 valence electrons. The molecular formula is C20H20ClN5O. The summed E-state index contributed by atoms with van der Waals surface area (Å²) in [7, 11) is 3.97. The van der Waals surface area contributed by atoms with Crippen LogP contribution in [0, 0.1) is 6.92 Å². The Morgan fingerprint density at radius 2 is 1.70 bits per heavy atom. The van der Waals surface area contributed by atoms with Gasteiger partial charge in [0.2, 0.25) is 5.95 Å².